The van der Waals surface area contributed by atoms with Crippen LogP contribution in [0.3, 0.4) is 0 Å². The van der Waals surface area contributed by atoms with Gasteiger partial charge in [-0.15, -0.1) is 0 Å². The number of hydrogen-bond donors (Lipinski definition) is 1. The molecule has 1 atom stereocenters. The summed E-state index contributed by atoms with van der Waals surface area (Å²) in [5, 5.41) is 3.70. The SMILES string of the molecule is Cc1cc(C)c2c(c1C)CNC(CC(C)C)C2. The molecule has 0 saturated carbocycles. The Kier molecular flexibility index (Phi) is 3.58. The molecule has 1 aromatic carbocycles. The smallest absolute Gasteiger partial charge is 0.0213 e. The van der Waals surface area contributed by atoms with E-state index in [0.29, 0.717) is 6.04 Å². The van der Waals surface area contributed by atoms with Gasteiger partial charge in [0, 0.05) is 12.6 Å². The summed E-state index contributed by atoms with van der Waals surface area (Å²) in [5.41, 5.74) is 7.57. The molecule has 1 aliphatic rings. The quantitative estimate of drug-likeness (QED) is 0.819. The van der Waals surface area contributed by atoms with Crippen molar-refractivity contribution in [2.24, 2.45) is 5.92 Å². The van der Waals surface area contributed by atoms with Crippen molar-refractivity contribution in [2.75, 3.05) is 0 Å². The number of rotatable bonds is 2. The van der Waals surface area contributed by atoms with Gasteiger partial charge < -0.3 is 5.32 Å². The normalized spacial score (nSPS) is 19.5. The van der Waals surface area contributed by atoms with Gasteiger partial charge in [-0.3, -0.25) is 0 Å². The van der Waals surface area contributed by atoms with Crippen molar-refractivity contribution in [3.63, 3.8) is 0 Å². The highest BCUT2D eigenvalue weighted by Gasteiger charge is 2.22. The molecule has 1 heterocycles. The Balaban J connectivity index is 2.29. The molecular formula is C16H25N. The molecule has 0 radical (unpaired) electrons. The van der Waals surface area contributed by atoms with Gasteiger partial charge in [0.1, 0.15) is 0 Å². The van der Waals surface area contributed by atoms with E-state index in [2.05, 4.69) is 46.0 Å². The summed E-state index contributed by atoms with van der Waals surface area (Å²) in [6.07, 6.45) is 2.49. The van der Waals surface area contributed by atoms with Gasteiger partial charge in [0.2, 0.25) is 0 Å². The third-order valence-electron chi connectivity index (χ3n) is 4.09. The third-order valence-corrected chi connectivity index (χ3v) is 4.09. The molecule has 1 N–H and O–H groups in total. The molecule has 0 fully saturated rings. The zero-order chi connectivity index (χ0) is 12.6. The molecule has 1 heteroatoms. The Morgan fingerprint density at radius 2 is 1.88 bits per heavy atom. The predicted octanol–water partition coefficient (Wildman–Crippen LogP) is 3.67. The molecule has 0 aliphatic carbocycles. The van der Waals surface area contributed by atoms with Crippen molar-refractivity contribution in [3.05, 3.63) is 33.9 Å². The third kappa shape index (κ3) is 2.55. The average molecular weight is 231 g/mol. The Morgan fingerprint density at radius 3 is 2.53 bits per heavy atom. The summed E-state index contributed by atoms with van der Waals surface area (Å²) in [5.74, 6) is 0.779. The maximum Gasteiger partial charge on any atom is 0.0213 e. The Hall–Kier alpha value is -0.820. The number of nitrogens with one attached hydrogen (secondary N) is 1. The number of aryl methyl sites for hydroxylation is 2. The molecule has 1 nitrogen and oxygen atoms in total. The molecule has 0 aromatic heterocycles. The lowest BCUT2D eigenvalue weighted by Gasteiger charge is -2.30. The Morgan fingerprint density at radius 1 is 1.18 bits per heavy atom. The average Bonchev–Trinajstić information content (AvgIpc) is 2.25. The van der Waals surface area contributed by atoms with E-state index in [9.17, 15) is 0 Å². The second kappa shape index (κ2) is 4.81. The van der Waals surface area contributed by atoms with Crippen molar-refractivity contribution >= 4 is 0 Å². The molecule has 2 rings (SSSR count). The van der Waals surface area contributed by atoms with Crippen molar-refractivity contribution in [3.8, 4) is 0 Å². The van der Waals surface area contributed by atoms with E-state index in [1.54, 1.807) is 11.1 Å². The van der Waals surface area contributed by atoms with Crippen LogP contribution in [0.4, 0.5) is 0 Å². The zero-order valence-corrected chi connectivity index (χ0v) is 11.9. The monoisotopic (exact) mass is 231 g/mol. The predicted molar refractivity (Wildman–Crippen MR) is 74.4 cm³/mol. The molecule has 1 unspecified atom stereocenters. The number of hydrogen-bond acceptors (Lipinski definition) is 1. The van der Waals surface area contributed by atoms with Crippen LogP contribution in [0.5, 0.6) is 0 Å². The first kappa shape index (κ1) is 12.6. The number of fused-ring (bicyclic) bond motifs is 1. The summed E-state index contributed by atoms with van der Waals surface area (Å²) >= 11 is 0. The second-order valence-electron chi connectivity index (χ2n) is 6.00. The van der Waals surface area contributed by atoms with Crippen molar-refractivity contribution in [1.82, 2.24) is 5.32 Å². The van der Waals surface area contributed by atoms with Gasteiger partial charge >= 0.3 is 0 Å². The van der Waals surface area contributed by atoms with Gasteiger partial charge in [-0.05, 0) is 67.3 Å². The van der Waals surface area contributed by atoms with Gasteiger partial charge in [0.15, 0.2) is 0 Å². The standard InChI is InChI=1S/C16H25N/c1-10(2)6-14-8-15-12(4)7-11(3)13(5)16(15)9-17-14/h7,10,14,17H,6,8-9H2,1-5H3. The summed E-state index contributed by atoms with van der Waals surface area (Å²) in [4.78, 5) is 0. The minimum Gasteiger partial charge on any atom is -0.310 e. The van der Waals surface area contributed by atoms with Crippen LogP contribution in [0.2, 0.25) is 0 Å². The maximum atomic E-state index is 3.70. The maximum absolute atomic E-state index is 3.70. The molecule has 94 valence electrons. The lowest BCUT2D eigenvalue weighted by atomic mass is 9.85. The van der Waals surface area contributed by atoms with Crippen LogP contribution in [0, 0.1) is 26.7 Å². The highest BCUT2D eigenvalue weighted by molar-refractivity contribution is 5.46. The van der Waals surface area contributed by atoms with Crippen LogP contribution < -0.4 is 5.32 Å². The molecule has 1 aromatic rings. The van der Waals surface area contributed by atoms with Gasteiger partial charge in [0.05, 0.1) is 0 Å². The highest BCUT2D eigenvalue weighted by atomic mass is 14.9. The van der Waals surface area contributed by atoms with Crippen LogP contribution >= 0.6 is 0 Å². The summed E-state index contributed by atoms with van der Waals surface area (Å²) in [6, 6.07) is 3.02. The van der Waals surface area contributed by atoms with Crippen LogP contribution in [0.1, 0.15) is 48.1 Å². The topological polar surface area (TPSA) is 12.0 Å². The number of benzene rings is 1. The summed E-state index contributed by atoms with van der Waals surface area (Å²) in [6.45, 7) is 12.4. The molecule has 17 heavy (non-hydrogen) atoms. The van der Waals surface area contributed by atoms with Crippen molar-refractivity contribution in [2.45, 2.75) is 60.0 Å². The molecular weight excluding hydrogens is 206 g/mol. The largest absolute Gasteiger partial charge is 0.310 e. The van der Waals surface area contributed by atoms with E-state index in [0.717, 1.165) is 12.5 Å². The van der Waals surface area contributed by atoms with E-state index in [-0.39, 0.29) is 0 Å². The lowest BCUT2D eigenvalue weighted by molar-refractivity contribution is 0.396. The molecule has 0 spiro atoms. The first-order valence-electron chi connectivity index (χ1n) is 6.81. The fraction of sp³-hybridized carbons (Fsp3) is 0.625. The first-order valence-corrected chi connectivity index (χ1v) is 6.81. The van der Waals surface area contributed by atoms with E-state index >= 15 is 0 Å². The van der Waals surface area contributed by atoms with E-state index < -0.39 is 0 Å². The second-order valence-corrected chi connectivity index (χ2v) is 6.00. The first-order chi connectivity index (χ1) is 7.99. The van der Waals surface area contributed by atoms with Crippen LogP contribution in [-0.2, 0) is 13.0 Å². The van der Waals surface area contributed by atoms with E-state index in [1.165, 1.54) is 29.5 Å². The molecule has 0 amide bonds. The fourth-order valence-electron chi connectivity index (χ4n) is 3.05. The zero-order valence-electron chi connectivity index (χ0n) is 11.9. The molecule has 0 bridgehead atoms. The van der Waals surface area contributed by atoms with Gasteiger partial charge in [-0.2, -0.15) is 0 Å². The van der Waals surface area contributed by atoms with Gasteiger partial charge in [-0.25, -0.2) is 0 Å². The Bertz CT molecular complexity index is 418. The minimum absolute atomic E-state index is 0.670. The summed E-state index contributed by atoms with van der Waals surface area (Å²) < 4.78 is 0. The lowest BCUT2D eigenvalue weighted by Crippen LogP contribution is -2.37. The Labute approximate surface area is 106 Å². The fourth-order valence-corrected chi connectivity index (χ4v) is 3.05. The highest BCUT2D eigenvalue weighted by Crippen LogP contribution is 2.28. The van der Waals surface area contributed by atoms with E-state index in [4.69, 9.17) is 0 Å². The molecule has 0 saturated heterocycles. The van der Waals surface area contributed by atoms with Gasteiger partial charge in [0.25, 0.3) is 0 Å². The van der Waals surface area contributed by atoms with E-state index in [1.807, 2.05) is 0 Å². The van der Waals surface area contributed by atoms with Crippen LogP contribution in [0.25, 0.3) is 0 Å². The van der Waals surface area contributed by atoms with Gasteiger partial charge in [-0.1, -0.05) is 19.9 Å². The minimum atomic E-state index is 0.670. The summed E-state index contributed by atoms with van der Waals surface area (Å²) in [7, 11) is 0. The van der Waals surface area contributed by atoms with Crippen molar-refractivity contribution in [1.29, 1.82) is 0 Å². The van der Waals surface area contributed by atoms with Crippen LogP contribution in [0.15, 0.2) is 6.07 Å². The van der Waals surface area contributed by atoms with Crippen LogP contribution in [-0.4, -0.2) is 6.04 Å². The molecule has 1 aliphatic heterocycles. The van der Waals surface area contributed by atoms with Crippen molar-refractivity contribution < 1.29 is 0 Å².